The standard InChI is InChI=1S/C13H19N5/c1-4-15-11-18(7-1)12-2-3-13(16-10-12)17-8-5-14-6-9-17/h1-3,7,10,14-15H,4-6,8-9,11H2. The topological polar surface area (TPSA) is 43.4 Å². The smallest absolute Gasteiger partial charge is 0.128 e. The highest BCUT2D eigenvalue weighted by molar-refractivity contribution is 5.52. The Balaban J connectivity index is 1.71. The van der Waals surface area contributed by atoms with Crippen molar-refractivity contribution >= 4 is 11.5 Å². The van der Waals surface area contributed by atoms with E-state index in [-0.39, 0.29) is 0 Å². The highest BCUT2D eigenvalue weighted by atomic mass is 15.2. The number of hydrogen-bond donors (Lipinski definition) is 2. The second kappa shape index (κ2) is 5.37. The third kappa shape index (κ3) is 2.47. The van der Waals surface area contributed by atoms with E-state index >= 15 is 0 Å². The summed E-state index contributed by atoms with van der Waals surface area (Å²) < 4.78 is 0. The minimum absolute atomic E-state index is 0.852. The zero-order valence-corrected chi connectivity index (χ0v) is 10.5. The number of anilines is 2. The first-order valence-corrected chi connectivity index (χ1v) is 6.49. The number of nitrogens with one attached hydrogen (secondary N) is 2. The molecule has 0 radical (unpaired) electrons. The molecule has 0 atom stereocenters. The van der Waals surface area contributed by atoms with Crippen LogP contribution in [0.15, 0.2) is 30.6 Å². The van der Waals surface area contributed by atoms with Gasteiger partial charge in [-0.2, -0.15) is 0 Å². The second-order valence-electron chi connectivity index (χ2n) is 4.58. The van der Waals surface area contributed by atoms with Gasteiger partial charge in [0.1, 0.15) is 5.82 Å². The highest BCUT2D eigenvalue weighted by Crippen LogP contribution is 2.18. The average Bonchev–Trinajstić information content (AvgIpc) is 2.49. The summed E-state index contributed by atoms with van der Waals surface area (Å²) >= 11 is 0. The molecule has 0 saturated carbocycles. The number of nitrogens with zero attached hydrogens (tertiary/aromatic N) is 3. The van der Waals surface area contributed by atoms with Crippen LogP contribution < -0.4 is 20.4 Å². The van der Waals surface area contributed by atoms with E-state index in [0.717, 1.165) is 50.9 Å². The van der Waals surface area contributed by atoms with Crippen molar-refractivity contribution in [3.8, 4) is 0 Å². The first-order chi connectivity index (χ1) is 8.93. The van der Waals surface area contributed by atoms with Crippen LogP contribution in [0, 0.1) is 0 Å². The Bertz CT molecular complexity index is 408. The van der Waals surface area contributed by atoms with Gasteiger partial charge in [-0.25, -0.2) is 4.98 Å². The summed E-state index contributed by atoms with van der Waals surface area (Å²) in [6, 6.07) is 4.25. The lowest BCUT2D eigenvalue weighted by atomic mass is 10.3. The number of rotatable bonds is 2. The van der Waals surface area contributed by atoms with Crippen LogP contribution >= 0.6 is 0 Å². The average molecular weight is 245 g/mol. The maximum absolute atomic E-state index is 4.57. The second-order valence-corrected chi connectivity index (χ2v) is 4.58. The van der Waals surface area contributed by atoms with Crippen LogP contribution in [0.25, 0.3) is 0 Å². The van der Waals surface area contributed by atoms with E-state index in [1.54, 1.807) is 0 Å². The minimum atomic E-state index is 0.852. The summed E-state index contributed by atoms with van der Waals surface area (Å²) in [7, 11) is 0. The van der Waals surface area contributed by atoms with E-state index in [1.165, 1.54) is 0 Å². The zero-order chi connectivity index (χ0) is 12.2. The summed E-state index contributed by atoms with van der Waals surface area (Å²) in [6.07, 6.45) is 6.18. The molecule has 3 rings (SSSR count). The van der Waals surface area contributed by atoms with Crippen LogP contribution in [0.4, 0.5) is 11.5 Å². The Morgan fingerprint density at radius 2 is 2.00 bits per heavy atom. The van der Waals surface area contributed by atoms with Gasteiger partial charge >= 0.3 is 0 Å². The van der Waals surface area contributed by atoms with Crippen LogP contribution in [0.2, 0.25) is 0 Å². The van der Waals surface area contributed by atoms with E-state index in [1.807, 2.05) is 6.20 Å². The van der Waals surface area contributed by atoms with Gasteiger partial charge in [0.05, 0.1) is 18.6 Å². The third-order valence-corrected chi connectivity index (χ3v) is 3.33. The molecule has 1 aromatic rings. The molecule has 96 valence electrons. The SMILES string of the molecule is C1=CN(c2ccc(N3CCNCC3)nc2)CNC1. The Hall–Kier alpha value is -1.59. The maximum atomic E-state index is 4.57. The molecular weight excluding hydrogens is 226 g/mol. The van der Waals surface area contributed by atoms with E-state index in [2.05, 4.69) is 49.8 Å². The molecule has 0 bridgehead atoms. The predicted octanol–water partition coefficient (Wildman–Crippen LogP) is 0.372. The largest absolute Gasteiger partial charge is 0.354 e. The molecule has 5 heteroatoms. The van der Waals surface area contributed by atoms with Gasteiger partial charge in [0.15, 0.2) is 0 Å². The van der Waals surface area contributed by atoms with E-state index in [9.17, 15) is 0 Å². The summed E-state index contributed by atoms with van der Waals surface area (Å²) in [5.74, 6) is 1.08. The van der Waals surface area contributed by atoms with Gasteiger partial charge in [-0.3, -0.25) is 5.32 Å². The lowest BCUT2D eigenvalue weighted by Gasteiger charge is -2.29. The molecule has 0 unspecified atom stereocenters. The first kappa shape index (κ1) is 11.5. The van der Waals surface area contributed by atoms with Crippen molar-refractivity contribution in [2.45, 2.75) is 0 Å². The fourth-order valence-corrected chi connectivity index (χ4v) is 2.31. The Morgan fingerprint density at radius 3 is 2.67 bits per heavy atom. The fourth-order valence-electron chi connectivity index (χ4n) is 2.31. The van der Waals surface area contributed by atoms with Crippen LogP contribution in [0.1, 0.15) is 0 Å². The van der Waals surface area contributed by atoms with Crippen molar-refractivity contribution in [3.63, 3.8) is 0 Å². The Labute approximate surface area is 107 Å². The number of aromatic nitrogens is 1. The highest BCUT2D eigenvalue weighted by Gasteiger charge is 2.12. The molecule has 2 aliphatic heterocycles. The van der Waals surface area contributed by atoms with Gasteiger partial charge in [-0.1, -0.05) is 6.08 Å². The van der Waals surface area contributed by atoms with Crippen molar-refractivity contribution in [1.29, 1.82) is 0 Å². The van der Waals surface area contributed by atoms with Crippen molar-refractivity contribution in [2.75, 3.05) is 49.2 Å². The maximum Gasteiger partial charge on any atom is 0.128 e. The van der Waals surface area contributed by atoms with Gasteiger partial charge < -0.3 is 15.1 Å². The van der Waals surface area contributed by atoms with Crippen molar-refractivity contribution in [2.24, 2.45) is 0 Å². The molecule has 0 aliphatic carbocycles. The first-order valence-electron chi connectivity index (χ1n) is 6.49. The molecule has 0 amide bonds. The molecule has 2 N–H and O–H groups in total. The lowest BCUT2D eigenvalue weighted by Crippen LogP contribution is -2.43. The zero-order valence-electron chi connectivity index (χ0n) is 10.5. The molecule has 0 aromatic carbocycles. The van der Waals surface area contributed by atoms with E-state index in [4.69, 9.17) is 0 Å². The molecule has 5 nitrogen and oxygen atoms in total. The monoisotopic (exact) mass is 245 g/mol. The van der Waals surface area contributed by atoms with Gasteiger partial charge in [0.2, 0.25) is 0 Å². The normalized spacial score (nSPS) is 20.2. The minimum Gasteiger partial charge on any atom is -0.354 e. The Kier molecular flexibility index (Phi) is 3.43. The number of piperazine rings is 1. The molecule has 1 saturated heterocycles. The number of pyridine rings is 1. The number of hydrogen-bond acceptors (Lipinski definition) is 5. The van der Waals surface area contributed by atoms with Gasteiger partial charge in [-0.05, 0) is 12.1 Å². The molecule has 0 spiro atoms. The van der Waals surface area contributed by atoms with E-state index in [0.29, 0.717) is 0 Å². The fraction of sp³-hybridized carbons (Fsp3) is 0.462. The lowest BCUT2D eigenvalue weighted by molar-refractivity contribution is 0.585. The Morgan fingerprint density at radius 1 is 1.11 bits per heavy atom. The van der Waals surface area contributed by atoms with Crippen molar-refractivity contribution in [3.05, 3.63) is 30.6 Å². The predicted molar refractivity (Wildman–Crippen MR) is 73.8 cm³/mol. The van der Waals surface area contributed by atoms with E-state index < -0.39 is 0 Å². The van der Waals surface area contributed by atoms with Crippen LogP contribution in [0.3, 0.4) is 0 Å². The molecule has 18 heavy (non-hydrogen) atoms. The van der Waals surface area contributed by atoms with Crippen molar-refractivity contribution < 1.29 is 0 Å². The van der Waals surface area contributed by atoms with Gasteiger partial charge in [0, 0.05) is 38.9 Å². The quantitative estimate of drug-likeness (QED) is 0.788. The van der Waals surface area contributed by atoms with Crippen LogP contribution in [-0.2, 0) is 0 Å². The van der Waals surface area contributed by atoms with Gasteiger partial charge in [0.25, 0.3) is 0 Å². The summed E-state index contributed by atoms with van der Waals surface area (Å²) in [5.41, 5.74) is 1.14. The molecular formula is C13H19N5. The molecule has 2 aliphatic rings. The van der Waals surface area contributed by atoms with Crippen molar-refractivity contribution in [1.82, 2.24) is 15.6 Å². The van der Waals surface area contributed by atoms with Crippen LogP contribution in [-0.4, -0.2) is 44.4 Å². The van der Waals surface area contributed by atoms with Crippen LogP contribution in [0.5, 0.6) is 0 Å². The molecule has 1 fully saturated rings. The summed E-state index contributed by atoms with van der Waals surface area (Å²) in [4.78, 5) is 9.06. The third-order valence-electron chi connectivity index (χ3n) is 3.33. The molecule has 3 heterocycles. The summed E-state index contributed by atoms with van der Waals surface area (Å²) in [5, 5.41) is 6.66. The van der Waals surface area contributed by atoms with Gasteiger partial charge in [-0.15, -0.1) is 0 Å². The molecule has 1 aromatic heterocycles. The summed E-state index contributed by atoms with van der Waals surface area (Å²) in [6.45, 7) is 5.97.